The maximum absolute atomic E-state index is 4.60. The van der Waals surface area contributed by atoms with Crippen LogP contribution in [0.15, 0.2) is 133 Å². The number of benzene rings is 4. The Morgan fingerprint density at radius 2 is 1.19 bits per heavy atom. The van der Waals surface area contributed by atoms with Crippen LogP contribution in [0, 0.1) is 0 Å². The average Bonchev–Trinajstić information content (AvgIpc) is 3.52. The molecule has 1 atom stereocenters. The van der Waals surface area contributed by atoms with Crippen LogP contribution in [0.5, 0.6) is 0 Å². The lowest BCUT2D eigenvalue weighted by Gasteiger charge is -2.14. The van der Waals surface area contributed by atoms with E-state index in [9.17, 15) is 0 Å². The van der Waals surface area contributed by atoms with Gasteiger partial charge in [-0.15, -0.1) is 8.86 Å². The van der Waals surface area contributed by atoms with Crippen molar-refractivity contribution in [3.8, 4) is 5.69 Å². The minimum Gasteiger partial charge on any atom is -0.309 e. The highest BCUT2D eigenvalue weighted by molar-refractivity contribution is 7.51. The zero-order chi connectivity index (χ0) is 38.6. The van der Waals surface area contributed by atoms with Gasteiger partial charge in [0.05, 0.1) is 11.0 Å². The largest absolute Gasteiger partial charge is 0.309 e. The Morgan fingerprint density at radius 3 is 1.76 bits per heavy atom. The molecule has 0 N–H and O–H groups in total. The van der Waals surface area contributed by atoms with E-state index in [1.165, 1.54) is 106 Å². The molecule has 5 aromatic rings. The molecule has 0 bridgehead atoms. The van der Waals surface area contributed by atoms with Crippen molar-refractivity contribution in [2.24, 2.45) is 0 Å². The summed E-state index contributed by atoms with van der Waals surface area (Å²) in [5.41, 5.74) is 13.0. The van der Waals surface area contributed by atoms with Gasteiger partial charge < -0.3 is 4.57 Å². The van der Waals surface area contributed by atoms with Gasteiger partial charge in [-0.3, -0.25) is 0 Å². The van der Waals surface area contributed by atoms with Gasteiger partial charge in [0.2, 0.25) is 0 Å². The van der Waals surface area contributed by atoms with E-state index < -0.39 is 0 Å². The Hall–Kier alpha value is -4.02. The fourth-order valence-corrected chi connectivity index (χ4v) is 8.57. The summed E-state index contributed by atoms with van der Waals surface area (Å²) in [6, 6.07) is 31.8. The molecule has 280 valence electrons. The number of aromatic nitrogens is 1. The molecule has 1 aromatic heterocycles. The third-order valence-corrected chi connectivity index (χ3v) is 12.5. The minimum absolute atomic E-state index is 0.702. The van der Waals surface area contributed by atoms with Crippen LogP contribution in [0.1, 0.15) is 128 Å². The van der Waals surface area contributed by atoms with Crippen LogP contribution in [0.25, 0.3) is 38.6 Å². The molecule has 1 nitrogen and oxygen atoms in total. The number of unbranched alkanes of at least 4 members (excludes halogenated alkanes) is 6. The van der Waals surface area contributed by atoms with Crippen LogP contribution >= 0.6 is 17.4 Å². The fraction of sp³-hybridized carbons (Fsp3) is 0.314. The fourth-order valence-electron chi connectivity index (χ4n) is 7.31. The van der Waals surface area contributed by atoms with Crippen molar-refractivity contribution in [1.82, 2.24) is 4.57 Å². The molecule has 4 aromatic carbocycles. The molecule has 0 aliphatic heterocycles. The smallest absolute Gasteiger partial charge is 0.0541 e. The third-order valence-electron chi connectivity index (χ3n) is 10.7. The first-order valence-electron chi connectivity index (χ1n) is 20.2. The zero-order valence-electron chi connectivity index (χ0n) is 33.6. The van der Waals surface area contributed by atoms with Gasteiger partial charge in [-0.2, -0.15) is 0 Å². The van der Waals surface area contributed by atoms with Gasteiger partial charge in [0.15, 0.2) is 0 Å². The molecule has 3 heteroatoms. The second-order valence-corrected chi connectivity index (χ2v) is 16.8. The quantitative estimate of drug-likeness (QED) is 0.0424. The number of rotatable bonds is 20. The van der Waals surface area contributed by atoms with E-state index in [4.69, 9.17) is 0 Å². The van der Waals surface area contributed by atoms with Crippen molar-refractivity contribution in [3.05, 3.63) is 156 Å². The Morgan fingerprint density at radius 1 is 0.648 bits per heavy atom. The van der Waals surface area contributed by atoms with Crippen LogP contribution in [0.4, 0.5) is 0 Å². The summed E-state index contributed by atoms with van der Waals surface area (Å²) in [5.74, 6) is 0. The molecule has 0 saturated carbocycles. The van der Waals surface area contributed by atoms with Crippen LogP contribution in [-0.2, 0) is 0 Å². The van der Waals surface area contributed by atoms with Crippen molar-refractivity contribution < 1.29 is 0 Å². The van der Waals surface area contributed by atoms with Crippen molar-refractivity contribution in [2.75, 3.05) is 0 Å². The molecule has 5 rings (SSSR count). The highest BCUT2D eigenvalue weighted by Gasteiger charge is 2.17. The molecule has 0 fully saturated rings. The average molecular weight is 750 g/mol. The molecule has 1 unspecified atom stereocenters. The molecule has 54 heavy (non-hydrogen) atoms. The van der Waals surface area contributed by atoms with E-state index in [0.29, 0.717) is 8.58 Å². The molecule has 0 aliphatic carbocycles. The lowest BCUT2D eigenvalue weighted by Crippen LogP contribution is -2.02. The maximum Gasteiger partial charge on any atom is 0.0541 e. The minimum atomic E-state index is 0.702. The number of fused-ring (bicyclic) bond motifs is 3. The molecule has 0 amide bonds. The Balaban J connectivity index is 1.57. The Labute approximate surface area is 330 Å². The number of hydrogen-bond acceptors (Lipinski definition) is 0. The lowest BCUT2D eigenvalue weighted by atomic mass is 9.92. The van der Waals surface area contributed by atoms with Gasteiger partial charge >= 0.3 is 0 Å². The van der Waals surface area contributed by atoms with E-state index >= 15 is 0 Å². The normalized spacial score (nSPS) is 12.3. The summed E-state index contributed by atoms with van der Waals surface area (Å²) in [6.45, 7) is 24.5. The molecule has 0 saturated heterocycles. The van der Waals surface area contributed by atoms with E-state index in [2.05, 4.69) is 165 Å². The monoisotopic (exact) mass is 749 g/mol. The maximum atomic E-state index is 4.60. The second kappa shape index (κ2) is 20.1. The van der Waals surface area contributed by atoms with Crippen molar-refractivity contribution in [1.29, 1.82) is 0 Å². The summed E-state index contributed by atoms with van der Waals surface area (Å²) in [5, 5.41) is 6.34. The topological polar surface area (TPSA) is 4.93 Å². The van der Waals surface area contributed by atoms with Gasteiger partial charge in [-0.05, 0) is 132 Å². The van der Waals surface area contributed by atoms with Crippen LogP contribution < -0.4 is 5.30 Å². The Bertz CT molecular complexity index is 2170. The van der Waals surface area contributed by atoms with Gasteiger partial charge in [0.1, 0.15) is 0 Å². The lowest BCUT2D eigenvalue weighted by molar-refractivity contribution is 0.669. The molecular weight excluding hydrogens is 689 g/mol. The van der Waals surface area contributed by atoms with Gasteiger partial charge in [0, 0.05) is 21.8 Å². The first-order valence-corrected chi connectivity index (χ1v) is 21.7. The molecule has 0 radical (unpaired) electrons. The van der Waals surface area contributed by atoms with Crippen molar-refractivity contribution >= 4 is 61.0 Å². The number of allylic oxidation sites excluding steroid dienone is 7. The summed E-state index contributed by atoms with van der Waals surface area (Å²) < 4.78 is 2.42. The Kier molecular flexibility index (Phi) is 15.3. The van der Waals surface area contributed by atoms with Crippen LogP contribution in [0.3, 0.4) is 0 Å². The number of hydrogen-bond donors (Lipinski definition) is 0. The molecule has 0 spiro atoms. The van der Waals surface area contributed by atoms with Crippen molar-refractivity contribution in [2.45, 2.75) is 105 Å². The predicted octanol–water partition coefficient (Wildman–Crippen LogP) is 15.6. The molecular formula is C51H61NP2. The van der Waals surface area contributed by atoms with Gasteiger partial charge in [0.25, 0.3) is 0 Å². The highest BCUT2D eigenvalue weighted by Crippen LogP contribution is 2.37. The second-order valence-electron chi connectivity index (χ2n) is 14.7. The summed E-state index contributed by atoms with van der Waals surface area (Å²) in [7, 11) is 4.78. The van der Waals surface area contributed by atoms with Crippen LogP contribution in [0.2, 0.25) is 0 Å². The van der Waals surface area contributed by atoms with E-state index in [1.54, 1.807) is 0 Å². The van der Waals surface area contributed by atoms with Crippen molar-refractivity contribution in [3.63, 3.8) is 0 Å². The first-order chi connectivity index (χ1) is 26.2. The predicted molar refractivity (Wildman–Crippen MR) is 249 cm³/mol. The third kappa shape index (κ3) is 9.99. The summed E-state index contributed by atoms with van der Waals surface area (Å²) in [6.07, 6.45) is 17.5. The SMILES string of the molecule is C=C(CCCCCC)C(=C)c1ccc(-n2c3ccc(C(=P)c4ccc(P/C(C)=C\C)cc4)cc3c3cc(/C(=C/CC)C(=C)CCCCCC)ccc32)cc1. The van der Waals surface area contributed by atoms with Gasteiger partial charge in [-0.1, -0.05) is 154 Å². The van der Waals surface area contributed by atoms with Gasteiger partial charge in [-0.25, -0.2) is 0 Å². The standard InChI is InChI=1S/C51H61NP2/c1-9-13-15-17-20-36(5)39(8)40-22-28-44(29-23-40)52-49-32-26-42(46(19-11-3)37(6)21-18-16-14-10-2)34-47(49)48-35-43(27-33-50(48)52)51(53)41-24-30-45(31-25-41)54-38(7)12-4/h12,19,22-35,53-54H,5-6,8-11,13-18,20-21H2,1-4,7H3/b38-12-,46-19+. The van der Waals surface area contributed by atoms with E-state index in [1.807, 2.05) is 0 Å². The summed E-state index contributed by atoms with van der Waals surface area (Å²) >= 11 is 0. The highest BCUT2D eigenvalue weighted by atomic mass is 31.1. The van der Waals surface area contributed by atoms with Crippen LogP contribution in [-0.4, -0.2) is 9.86 Å². The molecule has 1 heterocycles. The van der Waals surface area contributed by atoms with E-state index in [-0.39, 0.29) is 0 Å². The zero-order valence-corrected chi connectivity index (χ0v) is 35.6. The first kappa shape index (κ1) is 41.1. The number of nitrogens with zero attached hydrogens (tertiary/aromatic N) is 1. The summed E-state index contributed by atoms with van der Waals surface area (Å²) in [4.78, 5) is 0. The van der Waals surface area contributed by atoms with E-state index in [0.717, 1.165) is 52.5 Å². The molecule has 0 aliphatic rings.